The summed E-state index contributed by atoms with van der Waals surface area (Å²) in [7, 11) is 0. The highest BCUT2D eigenvalue weighted by Gasteiger charge is 2.21. The second-order valence-electron chi connectivity index (χ2n) is 11.3. The highest BCUT2D eigenvalue weighted by molar-refractivity contribution is 5.89. The maximum Gasteiger partial charge on any atom is 0.221 e. The molecule has 0 radical (unpaired) electrons. The van der Waals surface area contributed by atoms with Crippen LogP contribution >= 0.6 is 0 Å². The standard InChI is InChI=1S/C18H16N4O2.C17H14N4O3/c1-10-3-6-12(7-4-10)9-13-15-17(24-22-13)16(21-18(19)20-15)14-8-5-11(2)23-14;1-9-2-7-13(23-9)15-16-14(19-17(18)20-15)12(21-24-16)8-10-3-5-11(22)6-4-10/h3-8H,9H2,1-2H3,(H2,19,20,21);2-7,22H,8H2,1H3,(H2,18,19,20). The van der Waals surface area contributed by atoms with Crippen LogP contribution in [-0.2, 0) is 12.8 Å². The number of hydrogen-bond donors (Lipinski definition) is 3. The van der Waals surface area contributed by atoms with Crippen LogP contribution in [0.3, 0.4) is 0 Å². The van der Waals surface area contributed by atoms with Crippen LogP contribution in [-0.4, -0.2) is 35.4 Å². The normalized spacial score (nSPS) is 11.2. The first-order valence-corrected chi connectivity index (χ1v) is 15.0. The molecule has 0 saturated carbocycles. The Kier molecular flexibility index (Phi) is 7.77. The molecule has 6 heterocycles. The van der Waals surface area contributed by atoms with E-state index in [0.29, 0.717) is 63.6 Å². The van der Waals surface area contributed by atoms with Crippen LogP contribution in [0.15, 0.2) is 90.7 Å². The lowest BCUT2D eigenvalue weighted by molar-refractivity contribution is 0.446. The van der Waals surface area contributed by atoms with Crippen molar-refractivity contribution >= 4 is 34.1 Å². The summed E-state index contributed by atoms with van der Waals surface area (Å²) < 4.78 is 22.2. The first kappa shape index (κ1) is 30.2. The molecule has 8 aromatic rings. The molecule has 0 bridgehead atoms. The van der Waals surface area contributed by atoms with E-state index in [0.717, 1.165) is 28.3 Å². The largest absolute Gasteiger partial charge is 0.508 e. The summed E-state index contributed by atoms with van der Waals surface area (Å²) in [6, 6.07) is 22.5. The monoisotopic (exact) mass is 642 g/mol. The number of nitrogens with zero attached hydrogens (tertiary/aromatic N) is 6. The van der Waals surface area contributed by atoms with Gasteiger partial charge < -0.3 is 34.5 Å². The molecule has 2 aromatic carbocycles. The molecule has 13 heteroatoms. The van der Waals surface area contributed by atoms with Gasteiger partial charge in [0.1, 0.15) is 39.7 Å². The number of anilines is 2. The number of benzene rings is 2. The lowest BCUT2D eigenvalue weighted by Gasteiger charge is -2.01. The molecule has 13 nitrogen and oxygen atoms in total. The number of aryl methyl sites for hydroxylation is 3. The van der Waals surface area contributed by atoms with Crippen molar-refractivity contribution in [1.29, 1.82) is 0 Å². The second-order valence-corrected chi connectivity index (χ2v) is 11.3. The van der Waals surface area contributed by atoms with Gasteiger partial charge in [0.15, 0.2) is 22.9 Å². The van der Waals surface area contributed by atoms with E-state index >= 15 is 0 Å². The van der Waals surface area contributed by atoms with E-state index in [9.17, 15) is 5.11 Å². The van der Waals surface area contributed by atoms with Crippen molar-refractivity contribution < 1.29 is 23.0 Å². The van der Waals surface area contributed by atoms with Gasteiger partial charge in [-0.3, -0.25) is 0 Å². The topological polar surface area (TPSA) is 202 Å². The van der Waals surface area contributed by atoms with Crippen LogP contribution in [0, 0.1) is 20.8 Å². The fourth-order valence-corrected chi connectivity index (χ4v) is 5.18. The Hall–Kier alpha value is -6.50. The minimum Gasteiger partial charge on any atom is -0.508 e. The number of hydrogen-bond acceptors (Lipinski definition) is 13. The highest BCUT2D eigenvalue weighted by atomic mass is 16.5. The number of aromatic hydroxyl groups is 1. The molecule has 0 aliphatic carbocycles. The van der Waals surface area contributed by atoms with Gasteiger partial charge in [-0.05, 0) is 68.3 Å². The Morgan fingerprint density at radius 2 is 1.00 bits per heavy atom. The number of phenolic OH excluding ortho intramolecular Hbond substituents is 1. The molecule has 0 fully saturated rings. The van der Waals surface area contributed by atoms with E-state index in [1.54, 1.807) is 18.2 Å². The van der Waals surface area contributed by atoms with Crippen molar-refractivity contribution in [1.82, 2.24) is 30.2 Å². The molecular weight excluding hydrogens is 612 g/mol. The van der Waals surface area contributed by atoms with E-state index in [1.807, 2.05) is 44.2 Å². The summed E-state index contributed by atoms with van der Waals surface area (Å²) in [4.78, 5) is 17.1. The first-order valence-electron chi connectivity index (χ1n) is 15.0. The van der Waals surface area contributed by atoms with Crippen LogP contribution in [0.4, 0.5) is 11.9 Å². The van der Waals surface area contributed by atoms with Gasteiger partial charge in [0.05, 0.1) is 0 Å². The molecule has 240 valence electrons. The fourth-order valence-electron chi connectivity index (χ4n) is 5.18. The summed E-state index contributed by atoms with van der Waals surface area (Å²) >= 11 is 0. The molecule has 0 amide bonds. The minimum atomic E-state index is 0.127. The van der Waals surface area contributed by atoms with Crippen LogP contribution in [0.25, 0.3) is 45.1 Å². The second kappa shape index (κ2) is 12.4. The predicted octanol–water partition coefficient (Wildman–Crippen LogP) is 6.73. The predicted molar refractivity (Wildman–Crippen MR) is 178 cm³/mol. The number of nitrogens with two attached hydrogens (primary N) is 2. The summed E-state index contributed by atoms with van der Waals surface area (Å²) in [5.41, 5.74) is 19.5. The molecule has 0 atom stereocenters. The molecular formula is C35H30N8O5. The number of furan rings is 2. The van der Waals surface area contributed by atoms with Crippen LogP contribution < -0.4 is 11.5 Å². The number of phenols is 1. The average Bonchev–Trinajstić information content (AvgIpc) is 3.88. The van der Waals surface area contributed by atoms with Gasteiger partial charge in [-0.15, -0.1) is 0 Å². The Morgan fingerprint density at radius 1 is 0.562 bits per heavy atom. The first-order chi connectivity index (χ1) is 23.2. The maximum absolute atomic E-state index is 9.37. The van der Waals surface area contributed by atoms with Gasteiger partial charge in [0.25, 0.3) is 0 Å². The summed E-state index contributed by atoms with van der Waals surface area (Å²) in [5.74, 6) is 3.20. The van der Waals surface area contributed by atoms with E-state index in [4.69, 9.17) is 29.3 Å². The summed E-state index contributed by atoms with van der Waals surface area (Å²) in [5, 5.41) is 17.7. The number of nitrogen functional groups attached to an aromatic ring is 2. The SMILES string of the molecule is Cc1ccc(-c2nc(N)nc3c(Cc4ccc(O)cc4)noc23)o1.Cc1ccc(Cc2noc3c(-c4ccc(C)o4)nc(N)nc23)cc1. The van der Waals surface area contributed by atoms with Gasteiger partial charge >= 0.3 is 0 Å². The van der Waals surface area contributed by atoms with Gasteiger partial charge in [-0.2, -0.15) is 0 Å². The van der Waals surface area contributed by atoms with Crippen molar-refractivity contribution in [2.75, 3.05) is 11.5 Å². The maximum atomic E-state index is 9.37. The van der Waals surface area contributed by atoms with E-state index in [1.165, 1.54) is 5.56 Å². The van der Waals surface area contributed by atoms with Crippen LogP contribution in [0.1, 0.15) is 39.6 Å². The third-order valence-electron chi connectivity index (χ3n) is 7.55. The van der Waals surface area contributed by atoms with Crippen molar-refractivity contribution in [2.45, 2.75) is 33.6 Å². The smallest absolute Gasteiger partial charge is 0.221 e. The van der Waals surface area contributed by atoms with Crippen molar-refractivity contribution in [3.05, 3.63) is 112 Å². The number of fused-ring (bicyclic) bond motifs is 2. The zero-order valence-electron chi connectivity index (χ0n) is 26.3. The number of aromatic nitrogens is 6. The van der Waals surface area contributed by atoms with Crippen molar-refractivity contribution in [2.24, 2.45) is 0 Å². The minimum absolute atomic E-state index is 0.127. The molecule has 0 unspecified atom stereocenters. The molecule has 5 N–H and O–H groups in total. The average molecular weight is 643 g/mol. The van der Waals surface area contributed by atoms with Crippen molar-refractivity contribution in [3.8, 4) is 28.7 Å². The van der Waals surface area contributed by atoms with Crippen molar-refractivity contribution in [3.63, 3.8) is 0 Å². The molecule has 0 aliphatic rings. The summed E-state index contributed by atoms with van der Waals surface area (Å²) in [6.45, 7) is 5.77. The molecule has 0 spiro atoms. The van der Waals surface area contributed by atoms with E-state index in [-0.39, 0.29) is 17.6 Å². The molecule has 8 rings (SSSR count). The molecule has 0 saturated heterocycles. The Bertz CT molecular complexity index is 2200. The quantitative estimate of drug-likeness (QED) is 0.172. The van der Waals surface area contributed by atoms with E-state index < -0.39 is 0 Å². The van der Waals surface area contributed by atoms with Gasteiger partial charge in [0, 0.05) is 12.8 Å². The Labute approximate surface area is 273 Å². The third-order valence-corrected chi connectivity index (χ3v) is 7.55. The van der Waals surface area contributed by atoms with Gasteiger partial charge in [0.2, 0.25) is 23.1 Å². The number of rotatable bonds is 6. The zero-order valence-corrected chi connectivity index (χ0v) is 26.3. The van der Waals surface area contributed by atoms with E-state index in [2.05, 4.69) is 61.4 Å². The van der Waals surface area contributed by atoms with Gasteiger partial charge in [-0.1, -0.05) is 52.3 Å². The lowest BCUT2D eigenvalue weighted by Crippen LogP contribution is -1.98. The highest BCUT2D eigenvalue weighted by Crippen LogP contribution is 2.32. The molecule has 0 aliphatic heterocycles. The van der Waals surface area contributed by atoms with Gasteiger partial charge in [-0.25, -0.2) is 19.9 Å². The summed E-state index contributed by atoms with van der Waals surface area (Å²) in [6.07, 6.45) is 1.11. The van der Waals surface area contributed by atoms with Crippen LogP contribution in [0.2, 0.25) is 0 Å². The fraction of sp³-hybridized carbons (Fsp3) is 0.143. The van der Waals surface area contributed by atoms with Crippen LogP contribution in [0.5, 0.6) is 5.75 Å². The Morgan fingerprint density at radius 3 is 1.42 bits per heavy atom. The zero-order chi connectivity index (χ0) is 33.4. The Balaban J connectivity index is 0.000000152. The third kappa shape index (κ3) is 6.16. The molecule has 48 heavy (non-hydrogen) atoms. The molecule has 6 aromatic heterocycles. The lowest BCUT2D eigenvalue weighted by atomic mass is 10.1.